The van der Waals surface area contributed by atoms with Crippen LogP contribution in [0, 0.1) is 5.82 Å². The van der Waals surface area contributed by atoms with Crippen LogP contribution in [0.5, 0.6) is 11.5 Å². The highest BCUT2D eigenvalue weighted by atomic mass is 19.1. The highest BCUT2D eigenvalue weighted by Gasteiger charge is 2.08. The molecule has 0 fully saturated rings. The van der Waals surface area contributed by atoms with Crippen LogP contribution in [0.4, 0.5) is 4.39 Å². The molecule has 6 heteroatoms. The van der Waals surface area contributed by atoms with Crippen molar-refractivity contribution in [1.82, 2.24) is 10.3 Å². The zero-order chi connectivity index (χ0) is 15.1. The average Bonchev–Trinajstić information content (AvgIpc) is 2.52. The second-order valence-electron chi connectivity index (χ2n) is 4.15. The van der Waals surface area contributed by atoms with Gasteiger partial charge in [-0.2, -0.15) is 0 Å². The molecule has 0 aliphatic heterocycles. The van der Waals surface area contributed by atoms with Crippen molar-refractivity contribution in [3.63, 3.8) is 0 Å². The molecule has 1 aromatic heterocycles. The van der Waals surface area contributed by atoms with Crippen molar-refractivity contribution in [3.8, 4) is 11.5 Å². The Morgan fingerprint density at radius 1 is 1.24 bits per heavy atom. The van der Waals surface area contributed by atoms with Crippen LogP contribution in [-0.4, -0.2) is 24.6 Å². The Balaban J connectivity index is 1.84. The Kier molecular flexibility index (Phi) is 5.09. The lowest BCUT2D eigenvalue weighted by Gasteiger charge is -2.10. The van der Waals surface area contributed by atoms with Gasteiger partial charge in [-0.15, -0.1) is 0 Å². The lowest BCUT2D eigenvalue weighted by molar-refractivity contribution is -0.123. The molecule has 0 bridgehead atoms. The van der Waals surface area contributed by atoms with Gasteiger partial charge in [-0.05, 0) is 24.3 Å². The number of nitrogens with one attached hydrogen (secondary N) is 1. The van der Waals surface area contributed by atoms with Gasteiger partial charge in [0, 0.05) is 6.20 Å². The van der Waals surface area contributed by atoms with Crippen LogP contribution < -0.4 is 14.8 Å². The number of rotatable bonds is 6. The van der Waals surface area contributed by atoms with Crippen LogP contribution in [0.1, 0.15) is 5.69 Å². The van der Waals surface area contributed by atoms with Gasteiger partial charge >= 0.3 is 0 Å². The molecule has 0 radical (unpaired) electrons. The molecule has 2 aromatic rings. The van der Waals surface area contributed by atoms with Crippen molar-refractivity contribution in [2.45, 2.75) is 6.54 Å². The summed E-state index contributed by atoms with van der Waals surface area (Å²) in [5, 5.41) is 2.54. The van der Waals surface area contributed by atoms with E-state index in [0.717, 1.165) is 0 Å². The minimum absolute atomic E-state index is 0.0147. The number of hydrogen-bond acceptors (Lipinski definition) is 4. The van der Waals surface area contributed by atoms with E-state index < -0.39 is 5.82 Å². The number of aromatic nitrogens is 1. The van der Waals surface area contributed by atoms with E-state index in [1.807, 2.05) is 0 Å². The third-order valence-corrected chi connectivity index (χ3v) is 2.72. The number of nitrogens with zero attached hydrogens (tertiary/aromatic N) is 1. The van der Waals surface area contributed by atoms with Crippen LogP contribution in [-0.2, 0) is 11.3 Å². The molecule has 0 unspecified atom stereocenters. The van der Waals surface area contributed by atoms with Gasteiger partial charge in [-0.3, -0.25) is 9.78 Å². The van der Waals surface area contributed by atoms with Crippen LogP contribution in [0.2, 0.25) is 0 Å². The number of hydrogen-bond donors (Lipinski definition) is 1. The van der Waals surface area contributed by atoms with Gasteiger partial charge in [-0.1, -0.05) is 12.1 Å². The predicted molar refractivity (Wildman–Crippen MR) is 74.5 cm³/mol. The SMILES string of the molecule is COc1ccccc1OCC(=O)NCc1ncccc1F. The number of halogens is 1. The van der Waals surface area contributed by atoms with Gasteiger partial charge in [0.25, 0.3) is 5.91 Å². The lowest BCUT2D eigenvalue weighted by atomic mass is 10.3. The quantitative estimate of drug-likeness (QED) is 0.883. The topological polar surface area (TPSA) is 60.5 Å². The van der Waals surface area contributed by atoms with Crippen molar-refractivity contribution in [3.05, 3.63) is 54.1 Å². The number of methoxy groups -OCH3 is 1. The summed E-state index contributed by atoms with van der Waals surface area (Å²) >= 11 is 0. The first-order valence-electron chi connectivity index (χ1n) is 6.32. The molecule has 0 saturated heterocycles. The maximum Gasteiger partial charge on any atom is 0.258 e. The average molecular weight is 290 g/mol. The fraction of sp³-hybridized carbons (Fsp3) is 0.200. The molecular formula is C15H15FN2O3. The Hall–Kier alpha value is -2.63. The maximum atomic E-state index is 13.3. The van der Waals surface area contributed by atoms with Crippen molar-refractivity contribution >= 4 is 5.91 Å². The fourth-order valence-electron chi connectivity index (χ4n) is 1.66. The smallest absolute Gasteiger partial charge is 0.258 e. The molecule has 5 nitrogen and oxygen atoms in total. The molecule has 1 amide bonds. The van der Waals surface area contributed by atoms with Gasteiger partial charge in [0.15, 0.2) is 18.1 Å². The summed E-state index contributed by atoms with van der Waals surface area (Å²) in [5.41, 5.74) is 0.183. The number of para-hydroxylation sites is 2. The van der Waals surface area contributed by atoms with E-state index in [2.05, 4.69) is 10.3 Å². The van der Waals surface area contributed by atoms with E-state index in [1.54, 1.807) is 24.3 Å². The van der Waals surface area contributed by atoms with Crippen LogP contribution >= 0.6 is 0 Å². The van der Waals surface area contributed by atoms with E-state index in [0.29, 0.717) is 11.5 Å². The second-order valence-corrected chi connectivity index (χ2v) is 4.15. The fourth-order valence-corrected chi connectivity index (χ4v) is 1.66. The zero-order valence-corrected chi connectivity index (χ0v) is 11.5. The van der Waals surface area contributed by atoms with Gasteiger partial charge < -0.3 is 14.8 Å². The summed E-state index contributed by atoms with van der Waals surface area (Å²) in [6.07, 6.45) is 1.47. The number of pyridine rings is 1. The highest BCUT2D eigenvalue weighted by Crippen LogP contribution is 2.25. The highest BCUT2D eigenvalue weighted by molar-refractivity contribution is 5.77. The number of benzene rings is 1. The monoisotopic (exact) mass is 290 g/mol. The Labute approximate surface area is 121 Å². The van der Waals surface area contributed by atoms with Gasteiger partial charge in [-0.25, -0.2) is 4.39 Å². The first kappa shape index (κ1) is 14.8. The van der Waals surface area contributed by atoms with Gasteiger partial charge in [0.05, 0.1) is 19.3 Å². The molecule has 1 N–H and O–H groups in total. The summed E-state index contributed by atoms with van der Waals surface area (Å²) in [5.74, 6) is 0.189. The Morgan fingerprint density at radius 3 is 2.71 bits per heavy atom. The molecular weight excluding hydrogens is 275 g/mol. The van der Waals surface area contributed by atoms with E-state index in [1.165, 1.54) is 25.4 Å². The number of ether oxygens (including phenoxy) is 2. The predicted octanol–water partition coefficient (Wildman–Crippen LogP) is 1.92. The van der Waals surface area contributed by atoms with E-state index >= 15 is 0 Å². The molecule has 0 aliphatic rings. The van der Waals surface area contributed by atoms with Crippen molar-refractivity contribution < 1.29 is 18.7 Å². The van der Waals surface area contributed by atoms with Gasteiger partial charge in [0.2, 0.25) is 0 Å². The van der Waals surface area contributed by atoms with E-state index in [9.17, 15) is 9.18 Å². The number of carbonyl (C=O) groups is 1. The molecule has 2 rings (SSSR count). The third kappa shape index (κ3) is 4.17. The summed E-state index contributed by atoms with van der Waals surface area (Å²) in [4.78, 5) is 15.5. The molecule has 1 aromatic carbocycles. The molecule has 0 aliphatic carbocycles. The first-order chi connectivity index (χ1) is 10.2. The summed E-state index contributed by atoms with van der Waals surface area (Å²) in [6.45, 7) is -0.171. The van der Waals surface area contributed by atoms with Crippen molar-refractivity contribution in [2.75, 3.05) is 13.7 Å². The molecule has 1 heterocycles. The second kappa shape index (κ2) is 7.23. The summed E-state index contributed by atoms with van der Waals surface area (Å²) in [7, 11) is 1.52. The normalized spacial score (nSPS) is 10.0. The molecule has 110 valence electrons. The number of amides is 1. The van der Waals surface area contributed by atoms with Gasteiger partial charge in [0.1, 0.15) is 5.82 Å². The van der Waals surface area contributed by atoms with Crippen LogP contribution in [0.25, 0.3) is 0 Å². The molecule has 0 saturated carbocycles. The summed E-state index contributed by atoms with van der Waals surface area (Å²) < 4.78 is 23.8. The van der Waals surface area contributed by atoms with Crippen molar-refractivity contribution in [2.24, 2.45) is 0 Å². The van der Waals surface area contributed by atoms with E-state index in [4.69, 9.17) is 9.47 Å². The van der Waals surface area contributed by atoms with E-state index in [-0.39, 0.29) is 24.8 Å². The third-order valence-electron chi connectivity index (χ3n) is 2.72. The first-order valence-corrected chi connectivity index (χ1v) is 6.32. The minimum Gasteiger partial charge on any atom is -0.493 e. The molecule has 21 heavy (non-hydrogen) atoms. The van der Waals surface area contributed by atoms with Crippen LogP contribution in [0.15, 0.2) is 42.6 Å². The molecule has 0 spiro atoms. The minimum atomic E-state index is -0.455. The van der Waals surface area contributed by atoms with Crippen molar-refractivity contribution in [1.29, 1.82) is 0 Å². The number of carbonyl (C=O) groups excluding carboxylic acids is 1. The van der Waals surface area contributed by atoms with Crippen LogP contribution in [0.3, 0.4) is 0 Å². The standard InChI is InChI=1S/C15H15FN2O3/c1-20-13-6-2-3-7-14(13)21-10-15(19)18-9-12-11(16)5-4-8-17-12/h2-8H,9-10H2,1H3,(H,18,19). The zero-order valence-electron chi connectivity index (χ0n) is 11.5. The molecule has 0 atom stereocenters. The summed E-state index contributed by atoms with van der Waals surface area (Å²) in [6, 6.07) is 9.79. The maximum absolute atomic E-state index is 13.3. The Bertz CT molecular complexity index is 619. The largest absolute Gasteiger partial charge is 0.493 e. The Morgan fingerprint density at radius 2 is 2.00 bits per heavy atom. The lowest BCUT2D eigenvalue weighted by Crippen LogP contribution is -2.29.